The molecule has 34 heavy (non-hydrogen) atoms. The first-order chi connectivity index (χ1) is 16.0. The van der Waals surface area contributed by atoms with Gasteiger partial charge in [0.2, 0.25) is 11.9 Å². The second kappa shape index (κ2) is 7.46. The molecule has 0 atom stereocenters. The van der Waals surface area contributed by atoms with Crippen molar-refractivity contribution in [1.29, 1.82) is 0 Å². The highest BCUT2D eigenvalue weighted by molar-refractivity contribution is 5.96. The predicted molar refractivity (Wildman–Crippen MR) is 110 cm³/mol. The van der Waals surface area contributed by atoms with Crippen LogP contribution in [-0.4, -0.2) is 56.3 Å². The maximum atomic E-state index is 13.0. The molecule has 0 aromatic carbocycles. The molecule has 1 spiro atoms. The highest BCUT2D eigenvalue weighted by atomic mass is 19.4. The number of pyridine rings is 1. The third-order valence-electron chi connectivity index (χ3n) is 6.18. The third kappa shape index (κ3) is 3.56. The van der Waals surface area contributed by atoms with Crippen molar-refractivity contribution in [2.45, 2.75) is 25.6 Å². The summed E-state index contributed by atoms with van der Waals surface area (Å²) in [5.41, 5.74) is -1.75. The van der Waals surface area contributed by atoms with Gasteiger partial charge in [0.1, 0.15) is 17.6 Å². The van der Waals surface area contributed by atoms with Crippen molar-refractivity contribution in [1.82, 2.24) is 24.3 Å². The Morgan fingerprint density at radius 2 is 1.91 bits per heavy atom. The van der Waals surface area contributed by atoms with Gasteiger partial charge in [0.15, 0.2) is 5.65 Å². The third-order valence-corrected chi connectivity index (χ3v) is 6.18. The number of hydrogen-bond donors (Lipinski definition) is 0. The van der Waals surface area contributed by atoms with Crippen LogP contribution in [0.2, 0.25) is 0 Å². The van der Waals surface area contributed by atoms with Gasteiger partial charge < -0.3 is 4.90 Å². The molecule has 0 N–H and O–H groups in total. The van der Waals surface area contributed by atoms with E-state index >= 15 is 0 Å². The van der Waals surface area contributed by atoms with Crippen LogP contribution in [0.4, 0.5) is 33.6 Å². The van der Waals surface area contributed by atoms with Gasteiger partial charge >= 0.3 is 6.18 Å². The van der Waals surface area contributed by atoms with Crippen molar-refractivity contribution in [3.8, 4) is 0 Å². The van der Waals surface area contributed by atoms with E-state index in [2.05, 4.69) is 15.1 Å². The summed E-state index contributed by atoms with van der Waals surface area (Å²) in [5.74, 6) is -0.302. The Hall–Kier alpha value is -3.58. The van der Waals surface area contributed by atoms with Crippen LogP contribution in [0.15, 0.2) is 29.3 Å². The molecule has 0 radical (unpaired) electrons. The molecule has 0 unspecified atom stereocenters. The van der Waals surface area contributed by atoms with E-state index in [1.807, 2.05) is 0 Å². The van der Waals surface area contributed by atoms with Crippen LogP contribution < -0.4 is 15.4 Å². The minimum absolute atomic E-state index is 0.0112. The fourth-order valence-electron chi connectivity index (χ4n) is 4.60. The average molecular weight is 483 g/mol. The van der Waals surface area contributed by atoms with Crippen LogP contribution in [0.1, 0.15) is 12.1 Å². The quantitative estimate of drug-likeness (QED) is 0.528. The standard InChI is InChI=1S/C20H18F5N7O2/c1-29-17(34)12-6-27-32(7-14(21)22)16(12)28-18(29)31-10-19(5-15(31)33)8-30(9-19)11-2-3-26-13(4-11)20(23,24)25/h2-4,6,14H,5,7-10H2,1H3. The average Bonchev–Trinajstić information content (AvgIpc) is 3.30. The molecule has 2 saturated heterocycles. The Morgan fingerprint density at radius 1 is 1.18 bits per heavy atom. The van der Waals surface area contributed by atoms with Gasteiger partial charge in [-0.2, -0.15) is 23.3 Å². The molecular weight excluding hydrogens is 465 g/mol. The summed E-state index contributed by atoms with van der Waals surface area (Å²) in [6.45, 7) is 0.0994. The maximum Gasteiger partial charge on any atom is 0.433 e. The summed E-state index contributed by atoms with van der Waals surface area (Å²) >= 11 is 0. The number of amides is 1. The first-order valence-electron chi connectivity index (χ1n) is 10.3. The monoisotopic (exact) mass is 483 g/mol. The molecule has 5 rings (SSSR count). The molecule has 9 nitrogen and oxygen atoms in total. The number of hydrogen-bond acceptors (Lipinski definition) is 6. The zero-order chi connectivity index (χ0) is 24.4. The van der Waals surface area contributed by atoms with E-state index in [-0.39, 0.29) is 35.9 Å². The van der Waals surface area contributed by atoms with Gasteiger partial charge in [0.05, 0.1) is 6.20 Å². The molecule has 0 saturated carbocycles. The Labute approximate surface area is 188 Å². The molecule has 180 valence electrons. The Kier molecular flexibility index (Phi) is 4.88. The number of fused-ring (bicyclic) bond motifs is 1. The lowest BCUT2D eigenvalue weighted by atomic mass is 9.78. The van der Waals surface area contributed by atoms with Gasteiger partial charge in [-0.05, 0) is 12.1 Å². The topological polar surface area (TPSA) is 89.2 Å². The van der Waals surface area contributed by atoms with E-state index in [1.165, 1.54) is 22.6 Å². The molecule has 2 fully saturated rings. The number of nitrogens with zero attached hydrogens (tertiary/aromatic N) is 7. The first-order valence-corrected chi connectivity index (χ1v) is 10.3. The van der Waals surface area contributed by atoms with Gasteiger partial charge in [-0.15, -0.1) is 0 Å². The maximum absolute atomic E-state index is 13.0. The molecule has 0 bridgehead atoms. The highest BCUT2D eigenvalue weighted by Gasteiger charge is 2.52. The summed E-state index contributed by atoms with van der Waals surface area (Å²) < 4.78 is 66.8. The number of carbonyl (C=O) groups is 1. The number of aromatic nitrogens is 5. The minimum Gasteiger partial charge on any atom is -0.370 e. The van der Waals surface area contributed by atoms with Crippen LogP contribution >= 0.6 is 0 Å². The summed E-state index contributed by atoms with van der Waals surface area (Å²) in [6.07, 6.45) is -4.90. The minimum atomic E-state index is -4.56. The van der Waals surface area contributed by atoms with E-state index in [1.54, 1.807) is 4.90 Å². The van der Waals surface area contributed by atoms with Gasteiger partial charge in [-0.1, -0.05) is 0 Å². The summed E-state index contributed by atoms with van der Waals surface area (Å²) in [6, 6.07) is 2.44. The fraction of sp³-hybridized carbons (Fsp3) is 0.450. The van der Waals surface area contributed by atoms with Crippen LogP contribution in [0.25, 0.3) is 11.0 Å². The van der Waals surface area contributed by atoms with Crippen LogP contribution in [0.3, 0.4) is 0 Å². The van der Waals surface area contributed by atoms with Crippen LogP contribution in [0, 0.1) is 5.41 Å². The lowest BCUT2D eigenvalue weighted by molar-refractivity contribution is -0.141. The summed E-state index contributed by atoms with van der Waals surface area (Å²) in [4.78, 5) is 36.3. The fourth-order valence-corrected chi connectivity index (χ4v) is 4.60. The lowest BCUT2D eigenvalue weighted by Crippen LogP contribution is -2.58. The second-order valence-electron chi connectivity index (χ2n) is 8.64. The first kappa shape index (κ1) is 22.2. The van der Waals surface area contributed by atoms with Crippen molar-refractivity contribution >= 4 is 28.6 Å². The largest absolute Gasteiger partial charge is 0.433 e. The number of anilines is 2. The summed E-state index contributed by atoms with van der Waals surface area (Å²) in [7, 11) is 1.43. The molecular formula is C20H18F5N7O2. The van der Waals surface area contributed by atoms with E-state index in [9.17, 15) is 31.5 Å². The van der Waals surface area contributed by atoms with E-state index in [4.69, 9.17) is 0 Å². The normalized spacial score (nSPS) is 17.9. The molecule has 2 aliphatic rings. The van der Waals surface area contributed by atoms with Gasteiger partial charge in [0.25, 0.3) is 12.0 Å². The van der Waals surface area contributed by atoms with Crippen LogP contribution in [0.5, 0.6) is 0 Å². The highest BCUT2D eigenvalue weighted by Crippen LogP contribution is 2.44. The lowest BCUT2D eigenvalue weighted by Gasteiger charge is -2.48. The zero-order valence-electron chi connectivity index (χ0n) is 17.8. The molecule has 1 amide bonds. The Balaban J connectivity index is 1.40. The number of carbonyl (C=O) groups excluding carboxylic acids is 1. The van der Waals surface area contributed by atoms with Gasteiger partial charge in [-0.25, -0.2) is 13.5 Å². The zero-order valence-corrected chi connectivity index (χ0v) is 17.8. The molecule has 5 heterocycles. The van der Waals surface area contributed by atoms with Crippen molar-refractivity contribution < 1.29 is 26.7 Å². The van der Waals surface area contributed by atoms with E-state index in [0.29, 0.717) is 18.8 Å². The number of rotatable bonds is 4. The molecule has 2 aliphatic heterocycles. The second-order valence-corrected chi connectivity index (χ2v) is 8.64. The number of alkyl halides is 5. The molecule has 0 aliphatic carbocycles. The summed E-state index contributed by atoms with van der Waals surface area (Å²) in [5, 5.41) is 3.87. The van der Waals surface area contributed by atoms with Gasteiger partial charge in [0, 0.05) is 50.4 Å². The predicted octanol–water partition coefficient (Wildman–Crippen LogP) is 2.05. The Morgan fingerprint density at radius 3 is 2.59 bits per heavy atom. The molecule has 3 aromatic rings. The SMILES string of the molecule is Cn1c(N2CC3(CC2=O)CN(c2ccnc(C(F)(F)F)c2)C3)nc2c(cnn2CC(F)F)c1=O. The van der Waals surface area contributed by atoms with Crippen molar-refractivity contribution in [2.24, 2.45) is 12.5 Å². The van der Waals surface area contributed by atoms with E-state index in [0.717, 1.165) is 23.1 Å². The van der Waals surface area contributed by atoms with Crippen molar-refractivity contribution in [3.05, 3.63) is 40.6 Å². The van der Waals surface area contributed by atoms with E-state index < -0.39 is 35.8 Å². The van der Waals surface area contributed by atoms with Gasteiger partial charge in [-0.3, -0.25) is 24.0 Å². The molecule has 14 heteroatoms. The molecule has 3 aromatic heterocycles. The number of halogens is 5. The van der Waals surface area contributed by atoms with Crippen molar-refractivity contribution in [2.75, 3.05) is 29.4 Å². The van der Waals surface area contributed by atoms with Crippen LogP contribution in [-0.2, 0) is 24.6 Å². The van der Waals surface area contributed by atoms with Crippen molar-refractivity contribution in [3.63, 3.8) is 0 Å². The Bertz CT molecular complexity index is 1340. The smallest absolute Gasteiger partial charge is 0.370 e.